The minimum Gasteiger partial charge on any atom is -0.255 e. The van der Waals surface area contributed by atoms with Gasteiger partial charge in [-0.25, -0.2) is 26.2 Å². The SMILES string of the molecule is Cc1ccc(S(=O)(=O)n2cc(-c3ccc(C(F)F)nc3)c3cc(Br)cnc32)cc1. The Morgan fingerprint density at radius 2 is 1.76 bits per heavy atom. The summed E-state index contributed by atoms with van der Waals surface area (Å²) in [5.41, 5.74) is 1.87. The molecule has 29 heavy (non-hydrogen) atoms. The Morgan fingerprint density at radius 3 is 2.38 bits per heavy atom. The van der Waals surface area contributed by atoms with Crippen LogP contribution in [0.3, 0.4) is 0 Å². The van der Waals surface area contributed by atoms with E-state index in [4.69, 9.17) is 0 Å². The van der Waals surface area contributed by atoms with Crippen LogP contribution in [0.15, 0.2) is 70.4 Å². The number of pyridine rings is 2. The molecule has 0 N–H and O–H groups in total. The average molecular weight is 478 g/mol. The molecule has 0 spiro atoms. The predicted octanol–water partition coefficient (Wildman–Crippen LogP) is 5.34. The summed E-state index contributed by atoms with van der Waals surface area (Å²) in [6.45, 7) is 1.87. The number of nitrogens with zero attached hydrogens (tertiary/aromatic N) is 3. The largest absolute Gasteiger partial charge is 0.280 e. The van der Waals surface area contributed by atoms with E-state index in [1.54, 1.807) is 18.2 Å². The van der Waals surface area contributed by atoms with E-state index in [2.05, 4.69) is 25.9 Å². The number of aryl methyl sites for hydroxylation is 1. The van der Waals surface area contributed by atoms with Gasteiger partial charge in [0.2, 0.25) is 0 Å². The lowest BCUT2D eigenvalue weighted by atomic mass is 10.1. The second kappa shape index (κ2) is 7.31. The summed E-state index contributed by atoms with van der Waals surface area (Å²) in [5, 5.41) is 0.557. The summed E-state index contributed by atoms with van der Waals surface area (Å²) in [7, 11) is -3.91. The Bertz CT molecular complexity index is 1300. The molecular formula is C20H14BrF2N3O2S. The van der Waals surface area contributed by atoms with Gasteiger partial charge in [-0.1, -0.05) is 23.8 Å². The molecule has 1 aromatic carbocycles. The lowest BCUT2D eigenvalue weighted by Gasteiger charge is -2.07. The summed E-state index contributed by atoms with van der Waals surface area (Å²) >= 11 is 3.35. The number of aromatic nitrogens is 3. The van der Waals surface area contributed by atoms with Gasteiger partial charge in [0.1, 0.15) is 5.69 Å². The second-order valence-corrected chi connectivity index (χ2v) is 9.18. The highest BCUT2D eigenvalue weighted by atomic mass is 79.9. The van der Waals surface area contributed by atoms with Crippen LogP contribution in [0.25, 0.3) is 22.2 Å². The molecule has 0 saturated heterocycles. The fraction of sp³-hybridized carbons (Fsp3) is 0.100. The Kier molecular flexibility index (Phi) is 4.95. The van der Waals surface area contributed by atoms with Crippen LogP contribution in [0, 0.1) is 6.92 Å². The van der Waals surface area contributed by atoms with Crippen molar-refractivity contribution in [3.05, 3.63) is 76.8 Å². The Hall–Kier alpha value is -2.65. The van der Waals surface area contributed by atoms with Gasteiger partial charge in [-0.15, -0.1) is 0 Å². The van der Waals surface area contributed by atoms with Crippen LogP contribution in [0.2, 0.25) is 0 Å². The molecule has 0 radical (unpaired) electrons. The molecule has 4 rings (SSSR count). The third-order valence-electron chi connectivity index (χ3n) is 4.48. The predicted molar refractivity (Wildman–Crippen MR) is 109 cm³/mol. The Balaban J connectivity index is 1.94. The smallest absolute Gasteiger partial charge is 0.255 e. The molecule has 3 aromatic heterocycles. The average Bonchev–Trinajstić information content (AvgIpc) is 3.08. The lowest BCUT2D eigenvalue weighted by molar-refractivity contribution is 0.146. The lowest BCUT2D eigenvalue weighted by Crippen LogP contribution is -2.12. The molecule has 0 saturated carbocycles. The van der Waals surface area contributed by atoms with Crippen LogP contribution in [0.5, 0.6) is 0 Å². The van der Waals surface area contributed by atoms with Crippen molar-refractivity contribution in [2.24, 2.45) is 0 Å². The second-order valence-electron chi connectivity index (χ2n) is 6.45. The number of rotatable bonds is 4. The highest BCUT2D eigenvalue weighted by Crippen LogP contribution is 2.34. The quantitative estimate of drug-likeness (QED) is 0.397. The van der Waals surface area contributed by atoms with E-state index in [-0.39, 0.29) is 16.2 Å². The van der Waals surface area contributed by atoms with E-state index in [1.807, 2.05) is 6.92 Å². The van der Waals surface area contributed by atoms with Crippen LogP contribution >= 0.6 is 15.9 Å². The van der Waals surface area contributed by atoms with Crippen molar-refractivity contribution in [3.63, 3.8) is 0 Å². The highest BCUT2D eigenvalue weighted by Gasteiger charge is 2.23. The number of hydrogen-bond acceptors (Lipinski definition) is 4. The first kappa shape index (κ1) is 19.7. The summed E-state index contributed by atoms with van der Waals surface area (Å²) < 4.78 is 53.9. The number of alkyl halides is 2. The number of benzene rings is 1. The highest BCUT2D eigenvalue weighted by molar-refractivity contribution is 9.10. The van der Waals surface area contributed by atoms with Gasteiger partial charge in [-0.05, 0) is 47.1 Å². The van der Waals surface area contributed by atoms with Crippen molar-refractivity contribution in [1.82, 2.24) is 13.9 Å². The Morgan fingerprint density at radius 1 is 1.03 bits per heavy atom. The van der Waals surface area contributed by atoms with E-state index in [9.17, 15) is 17.2 Å². The zero-order chi connectivity index (χ0) is 20.8. The topological polar surface area (TPSA) is 64.8 Å². The minimum atomic E-state index is -3.91. The molecule has 4 aromatic rings. The van der Waals surface area contributed by atoms with E-state index in [1.165, 1.54) is 42.9 Å². The molecule has 0 unspecified atom stereocenters. The Labute approximate surface area is 174 Å². The fourth-order valence-corrected chi connectivity index (χ4v) is 4.64. The molecule has 0 atom stereocenters. The summed E-state index contributed by atoms with van der Waals surface area (Å²) in [5.74, 6) is 0. The first-order valence-electron chi connectivity index (χ1n) is 8.50. The van der Waals surface area contributed by atoms with Crippen LogP contribution in [-0.4, -0.2) is 22.4 Å². The zero-order valence-electron chi connectivity index (χ0n) is 15.1. The van der Waals surface area contributed by atoms with E-state index < -0.39 is 16.4 Å². The summed E-state index contributed by atoms with van der Waals surface area (Å²) in [6, 6.07) is 11.0. The van der Waals surface area contributed by atoms with E-state index in [0.29, 0.717) is 21.0 Å². The van der Waals surface area contributed by atoms with Crippen LogP contribution < -0.4 is 0 Å². The first-order chi connectivity index (χ1) is 13.8. The molecule has 0 aliphatic carbocycles. The zero-order valence-corrected chi connectivity index (χ0v) is 17.5. The fourth-order valence-electron chi connectivity index (χ4n) is 2.98. The van der Waals surface area contributed by atoms with E-state index >= 15 is 0 Å². The van der Waals surface area contributed by atoms with Gasteiger partial charge in [0.05, 0.1) is 4.90 Å². The van der Waals surface area contributed by atoms with Crippen molar-refractivity contribution in [2.75, 3.05) is 0 Å². The number of fused-ring (bicyclic) bond motifs is 1. The molecule has 0 aliphatic rings. The van der Waals surface area contributed by atoms with Crippen molar-refractivity contribution in [3.8, 4) is 11.1 Å². The molecule has 0 amide bonds. The molecular weight excluding hydrogens is 464 g/mol. The van der Waals surface area contributed by atoms with Crippen LogP contribution in [0.1, 0.15) is 17.7 Å². The van der Waals surface area contributed by atoms with Gasteiger partial charge in [0, 0.05) is 39.6 Å². The van der Waals surface area contributed by atoms with Crippen molar-refractivity contribution >= 4 is 37.0 Å². The van der Waals surface area contributed by atoms with Gasteiger partial charge < -0.3 is 0 Å². The number of hydrogen-bond donors (Lipinski definition) is 0. The molecule has 0 aliphatic heterocycles. The van der Waals surface area contributed by atoms with Crippen molar-refractivity contribution < 1.29 is 17.2 Å². The summed E-state index contributed by atoms with van der Waals surface area (Å²) in [4.78, 5) is 8.19. The normalized spacial score (nSPS) is 12.0. The van der Waals surface area contributed by atoms with Gasteiger partial charge in [0.15, 0.2) is 5.65 Å². The van der Waals surface area contributed by atoms with Gasteiger partial charge >= 0.3 is 0 Å². The maximum atomic E-state index is 13.2. The maximum Gasteiger partial charge on any atom is 0.280 e. The molecule has 148 valence electrons. The molecule has 9 heteroatoms. The third-order valence-corrected chi connectivity index (χ3v) is 6.58. The van der Waals surface area contributed by atoms with Gasteiger partial charge in [0.25, 0.3) is 16.4 Å². The number of halogens is 3. The summed E-state index contributed by atoms with van der Waals surface area (Å²) in [6.07, 6.45) is 1.58. The van der Waals surface area contributed by atoms with Gasteiger partial charge in [-0.2, -0.15) is 0 Å². The monoisotopic (exact) mass is 477 g/mol. The van der Waals surface area contributed by atoms with Crippen molar-refractivity contribution in [1.29, 1.82) is 0 Å². The standard InChI is InChI=1S/C20H14BrF2N3O2S/c1-12-2-5-15(6-3-12)29(27,28)26-11-17(16-8-14(21)10-25-20(16)26)13-4-7-18(19(22)23)24-9-13/h2-11,19H,1H3. The minimum absolute atomic E-state index is 0.127. The maximum absolute atomic E-state index is 13.2. The first-order valence-corrected chi connectivity index (χ1v) is 10.7. The molecule has 3 heterocycles. The van der Waals surface area contributed by atoms with Crippen LogP contribution in [-0.2, 0) is 10.0 Å². The van der Waals surface area contributed by atoms with Crippen LogP contribution in [0.4, 0.5) is 8.78 Å². The third kappa shape index (κ3) is 3.56. The van der Waals surface area contributed by atoms with Crippen molar-refractivity contribution in [2.45, 2.75) is 18.2 Å². The molecule has 5 nitrogen and oxygen atoms in total. The van der Waals surface area contributed by atoms with E-state index in [0.717, 1.165) is 9.54 Å². The molecule has 0 bridgehead atoms. The molecule has 0 fully saturated rings. The van der Waals surface area contributed by atoms with Gasteiger partial charge in [-0.3, -0.25) is 4.98 Å².